The van der Waals surface area contributed by atoms with Gasteiger partial charge in [-0.2, -0.15) is 0 Å². The first-order chi connectivity index (χ1) is 15.3. The second-order valence-electron chi connectivity index (χ2n) is 7.36. The number of methoxy groups -OCH3 is 1. The number of carbonyl (C=O) groups excluding carboxylic acids is 3. The molecule has 2 aromatic heterocycles. The largest absolute Gasteiger partial charge is 0.496 e. The minimum Gasteiger partial charge on any atom is -0.496 e. The molecule has 13 nitrogen and oxygen atoms in total. The molecule has 0 saturated heterocycles. The standard InChI is InChI=1S/C19H22N8O5/c1-19(2,9-21-16(28)8-27-10-22-25-26-27)24-18(30)17(29)23-12-4-5-13(14(6-12)31-3)15-7-20-11-32-15/h4-7,10-11H,8-9H2,1-3H3,(H,21,28)(H,23,29)(H,24,30). The zero-order valence-corrected chi connectivity index (χ0v) is 17.7. The van der Waals surface area contributed by atoms with Crippen LogP contribution in [0.5, 0.6) is 5.75 Å². The van der Waals surface area contributed by atoms with Crippen LogP contribution in [0.25, 0.3) is 11.3 Å². The predicted molar refractivity (Wildman–Crippen MR) is 110 cm³/mol. The topological polar surface area (TPSA) is 166 Å². The lowest BCUT2D eigenvalue weighted by Crippen LogP contribution is -2.54. The molecule has 0 spiro atoms. The fourth-order valence-electron chi connectivity index (χ4n) is 2.69. The smallest absolute Gasteiger partial charge is 0.313 e. The van der Waals surface area contributed by atoms with Gasteiger partial charge in [-0.05, 0) is 36.4 Å². The van der Waals surface area contributed by atoms with E-state index in [1.807, 2.05) is 0 Å². The maximum Gasteiger partial charge on any atom is 0.313 e. The lowest BCUT2D eigenvalue weighted by Gasteiger charge is -2.26. The average Bonchev–Trinajstić information content (AvgIpc) is 3.46. The number of carbonyl (C=O) groups is 3. The summed E-state index contributed by atoms with van der Waals surface area (Å²) >= 11 is 0. The first-order valence-electron chi connectivity index (χ1n) is 9.45. The van der Waals surface area contributed by atoms with Crippen LogP contribution in [-0.2, 0) is 20.9 Å². The van der Waals surface area contributed by atoms with Gasteiger partial charge in [0.15, 0.2) is 12.2 Å². The monoisotopic (exact) mass is 442 g/mol. The Kier molecular flexibility index (Phi) is 6.77. The molecule has 1 aromatic carbocycles. The average molecular weight is 442 g/mol. The van der Waals surface area contributed by atoms with E-state index in [0.717, 1.165) is 0 Å². The van der Waals surface area contributed by atoms with Gasteiger partial charge in [0.1, 0.15) is 18.6 Å². The van der Waals surface area contributed by atoms with Crippen LogP contribution in [0, 0.1) is 0 Å². The van der Waals surface area contributed by atoms with E-state index < -0.39 is 17.4 Å². The summed E-state index contributed by atoms with van der Waals surface area (Å²) in [4.78, 5) is 40.5. The van der Waals surface area contributed by atoms with Crippen LogP contribution in [0.15, 0.2) is 41.5 Å². The SMILES string of the molecule is COc1cc(NC(=O)C(=O)NC(C)(C)CNC(=O)Cn2cnnn2)ccc1-c1cnco1. The fraction of sp³-hybridized carbons (Fsp3) is 0.316. The number of benzene rings is 1. The van der Waals surface area contributed by atoms with Crippen molar-refractivity contribution in [3.8, 4) is 17.1 Å². The second-order valence-corrected chi connectivity index (χ2v) is 7.36. The van der Waals surface area contributed by atoms with Crippen LogP contribution in [0.2, 0.25) is 0 Å². The second kappa shape index (κ2) is 9.68. The van der Waals surface area contributed by atoms with Crippen molar-refractivity contribution in [3.63, 3.8) is 0 Å². The van der Waals surface area contributed by atoms with Gasteiger partial charge < -0.3 is 25.1 Å². The first kappa shape index (κ1) is 22.4. The molecule has 0 atom stereocenters. The Hall–Kier alpha value is -4.29. The number of tetrazole rings is 1. The summed E-state index contributed by atoms with van der Waals surface area (Å²) in [5.41, 5.74) is 0.113. The Morgan fingerprint density at radius 2 is 2.03 bits per heavy atom. The summed E-state index contributed by atoms with van der Waals surface area (Å²) in [6.45, 7) is 3.37. The molecule has 3 rings (SSSR count). The number of amides is 3. The van der Waals surface area contributed by atoms with Crippen LogP contribution < -0.4 is 20.7 Å². The van der Waals surface area contributed by atoms with Crippen molar-refractivity contribution in [3.05, 3.63) is 37.1 Å². The highest BCUT2D eigenvalue weighted by Crippen LogP contribution is 2.32. The van der Waals surface area contributed by atoms with E-state index in [2.05, 4.69) is 36.5 Å². The van der Waals surface area contributed by atoms with E-state index in [4.69, 9.17) is 9.15 Å². The predicted octanol–water partition coefficient (Wildman–Crippen LogP) is -0.0136. The van der Waals surface area contributed by atoms with Gasteiger partial charge in [-0.15, -0.1) is 5.10 Å². The number of hydrogen-bond donors (Lipinski definition) is 3. The molecule has 0 fully saturated rings. The number of rotatable bonds is 8. The zero-order chi connectivity index (χ0) is 23.1. The fourth-order valence-corrected chi connectivity index (χ4v) is 2.69. The number of oxazole rings is 1. The summed E-state index contributed by atoms with van der Waals surface area (Å²) in [6.07, 6.45) is 4.14. The molecule has 32 heavy (non-hydrogen) atoms. The van der Waals surface area contributed by atoms with E-state index in [-0.39, 0.29) is 19.0 Å². The number of nitrogens with one attached hydrogen (secondary N) is 3. The number of hydrogen-bond acceptors (Lipinski definition) is 9. The molecule has 13 heteroatoms. The quantitative estimate of drug-likeness (QED) is 0.406. The van der Waals surface area contributed by atoms with Gasteiger partial charge >= 0.3 is 11.8 Å². The van der Waals surface area contributed by atoms with Gasteiger partial charge in [-0.1, -0.05) is 0 Å². The summed E-state index contributed by atoms with van der Waals surface area (Å²) in [5, 5.41) is 18.2. The van der Waals surface area contributed by atoms with E-state index in [1.54, 1.807) is 32.0 Å². The van der Waals surface area contributed by atoms with Crippen molar-refractivity contribution in [2.24, 2.45) is 0 Å². The van der Waals surface area contributed by atoms with Gasteiger partial charge in [-0.25, -0.2) is 9.67 Å². The lowest BCUT2D eigenvalue weighted by atomic mass is 10.1. The van der Waals surface area contributed by atoms with Crippen molar-refractivity contribution < 1.29 is 23.5 Å². The molecule has 168 valence electrons. The molecule has 3 N–H and O–H groups in total. The van der Waals surface area contributed by atoms with Crippen molar-refractivity contribution in [1.29, 1.82) is 0 Å². The van der Waals surface area contributed by atoms with Crippen molar-refractivity contribution in [2.75, 3.05) is 19.0 Å². The molecular weight excluding hydrogens is 420 g/mol. The maximum atomic E-state index is 12.4. The highest BCUT2D eigenvalue weighted by atomic mass is 16.5. The third-order valence-corrected chi connectivity index (χ3v) is 4.24. The van der Waals surface area contributed by atoms with Crippen molar-refractivity contribution in [1.82, 2.24) is 35.8 Å². The van der Waals surface area contributed by atoms with Crippen LogP contribution in [0.1, 0.15) is 13.8 Å². The molecule has 0 saturated carbocycles. The van der Waals surface area contributed by atoms with E-state index >= 15 is 0 Å². The Bertz CT molecular complexity index is 1080. The van der Waals surface area contributed by atoms with Crippen molar-refractivity contribution in [2.45, 2.75) is 25.9 Å². The molecule has 0 aliphatic carbocycles. The number of anilines is 1. The van der Waals surface area contributed by atoms with Gasteiger partial charge in [-0.3, -0.25) is 14.4 Å². The summed E-state index contributed by atoms with van der Waals surface area (Å²) in [6, 6.07) is 4.85. The number of aromatic nitrogens is 5. The number of nitrogens with zero attached hydrogens (tertiary/aromatic N) is 5. The molecule has 3 amide bonds. The lowest BCUT2D eigenvalue weighted by molar-refractivity contribution is -0.137. The number of ether oxygens (including phenoxy) is 1. The molecule has 0 aliphatic heterocycles. The molecule has 0 bridgehead atoms. The third kappa shape index (κ3) is 5.87. The first-order valence-corrected chi connectivity index (χ1v) is 9.45. The maximum absolute atomic E-state index is 12.4. The van der Waals surface area contributed by atoms with Crippen LogP contribution >= 0.6 is 0 Å². The molecule has 3 aromatic rings. The van der Waals surface area contributed by atoms with Crippen LogP contribution in [0.4, 0.5) is 5.69 Å². The van der Waals surface area contributed by atoms with E-state index in [1.165, 1.54) is 30.7 Å². The Balaban J connectivity index is 1.54. The molecule has 2 heterocycles. The van der Waals surface area contributed by atoms with Crippen molar-refractivity contribution >= 4 is 23.4 Å². The highest BCUT2D eigenvalue weighted by Gasteiger charge is 2.25. The summed E-state index contributed by atoms with van der Waals surface area (Å²) in [5.74, 6) is -1.13. The van der Waals surface area contributed by atoms with Gasteiger partial charge in [0.05, 0.1) is 24.4 Å². The molecule has 0 radical (unpaired) electrons. The summed E-state index contributed by atoms with van der Waals surface area (Å²) < 4.78 is 11.9. The Morgan fingerprint density at radius 3 is 2.69 bits per heavy atom. The van der Waals surface area contributed by atoms with Gasteiger partial charge in [0.25, 0.3) is 0 Å². The zero-order valence-electron chi connectivity index (χ0n) is 17.7. The Morgan fingerprint density at radius 1 is 1.22 bits per heavy atom. The highest BCUT2D eigenvalue weighted by molar-refractivity contribution is 6.39. The summed E-state index contributed by atoms with van der Waals surface area (Å²) in [7, 11) is 1.48. The molecular formula is C19H22N8O5. The van der Waals surface area contributed by atoms with E-state index in [9.17, 15) is 14.4 Å². The molecule has 0 aliphatic rings. The van der Waals surface area contributed by atoms with Crippen LogP contribution in [-0.4, -0.2) is 62.1 Å². The Labute approximate surface area is 182 Å². The van der Waals surface area contributed by atoms with Gasteiger partial charge in [0.2, 0.25) is 5.91 Å². The van der Waals surface area contributed by atoms with Crippen LogP contribution in [0.3, 0.4) is 0 Å². The molecule has 0 unspecified atom stereocenters. The minimum atomic E-state index is -0.890. The van der Waals surface area contributed by atoms with Gasteiger partial charge in [0, 0.05) is 18.3 Å². The minimum absolute atomic E-state index is 0.0661. The third-order valence-electron chi connectivity index (χ3n) is 4.24. The normalized spacial score (nSPS) is 11.0. The van der Waals surface area contributed by atoms with E-state index in [0.29, 0.717) is 22.8 Å².